The Morgan fingerprint density at radius 2 is 2.31 bits per heavy atom. The lowest BCUT2D eigenvalue weighted by molar-refractivity contribution is -0.124. The number of halogens is 1. The molecule has 0 unspecified atom stereocenters. The molecule has 1 saturated heterocycles. The van der Waals surface area contributed by atoms with Crippen LogP contribution in [0, 0.1) is 11.8 Å². The van der Waals surface area contributed by atoms with Gasteiger partial charge >= 0.3 is 0 Å². The Hall–Kier alpha value is -0.280. The lowest BCUT2D eigenvalue weighted by Gasteiger charge is -2.11. The number of rotatable bonds is 3. The topological polar surface area (TPSA) is 41.1 Å². The molecule has 1 amide bonds. The molecule has 0 aliphatic carbocycles. The fourth-order valence-corrected chi connectivity index (χ4v) is 1.33. The fraction of sp³-hybridized carbons (Fsp3) is 0.889. The van der Waals surface area contributed by atoms with Crippen LogP contribution in [0.4, 0.5) is 0 Å². The van der Waals surface area contributed by atoms with E-state index < -0.39 is 0 Å². The SMILES string of the molecule is CC(C)CNC(=O)[C@H]1CCNC1.Cl. The van der Waals surface area contributed by atoms with Crippen molar-refractivity contribution in [2.45, 2.75) is 20.3 Å². The standard InChI is InChI=1S/C9H18N2O.ClH/c1-7(2)5-11-9(12)8-3-4-10-6-8;/h7-8,10H,3-6H2,1-2H3,(H,11,12);1H/t8-;/m0./s1. The van der Waals surface area contributed by atoms with Crippen molar-refractivity contribution in [1.82, 2.24) is 10.6 Å². The predicted octanol–water partition coefficient (Wildman–Crippen LogP) is 0.790. The number of carbonyl (C=O) groups is 1. The van der Waals surface area contributed by atoms with E-state index in [1.165, 1.54) is 0 Å². The van der Waals surface area contributed by atoms with E-state index in [0.717, 1.165) is 26.1 Å². The lowest BCUT2D eigenvalue weighted by atomic mass is 10.1. The number of nitrogens with one attached hydrogen (secondary N) is 2. The highest BCUT2D eigenvalue weighted by molar-refractivity contribution is 5.85. The van der Waals surface area contributed by atoms with Crippen LogP contribution < -0.4 is 10.6 Å². The Morgan fingerprint density at radius 3 is 2.77 bits per heavy atom. The minimum atomic E-state index is 0. The van der Waals surface area contributed by atoms with Crippen LogP contribution in [-0.4, -0.2) is 25.5 Å². The predicted molar refractivity (Wildman–Crippen MR) is 56.1 cm³/mol. The van der Waals surface area contributed by atoms with Crippen LogP contribution in [0.15, 0.2) is 0 Å². The van der Waals surface area contributed by atoms with Crippen LogP contribution in [0.3, 0.4) is 0 Å². The van der Waals surface area contributed by atoms with E-state index in [0.29, 0.717) is 5.92 Å². The summed E-state index contributed by atoms with van der Waals surface area (Å²) in [6, 6.07) is 0. The summed E-state index contributed by atoms with van der Waals surface area (Å²) < 4.78 is 0. The summed E-state index contributed by atoms with van der Waals surface area (Å²) in [6.07, 6.45) is 0.990. The quantitative estimate of drug-likeness (QED) is 0.717. The molecule has 0 radical (unpaired) electrons. The summed E-state index contributed by atoms with van der Waals surface area (Å²) >= 11 is 0. The van der Waals surface area contributed by atoms with E-state index in [2.05, 4.69) is 24.5 Å². The Kier molecular flexibility index (Phi) is 6.08. The molecular formula is C9H19ClN2O. The Bertz CT molecular complexity index is 156. The third kappa shape index (κ3) is 4.48. The van der Waals surface area contributed by atoms with Crippen LogP contribution in [0.5, 0.6) is 0 Å². The van der Waals surface area contributed by atoms with Crippen molar-refractivity contribution < 1.29 is 4.79 Å². The van der Waals surface area contributed by atoms with Gasteiger partial charge in [0.25, 0.3) is 0 Å². The van der Waals surface area contributed by atoms with Crippen molar-refractivity contribution in [3.63, 3.8) is 0 Å². The summed E-state index contributed by atoms with van der Waals surface area (Å²) in [5.74, 6) is 0.973. The molecule has 1 atom stereocenters. The molecule has 0 aromatic carbocycles. The van der Waals surface area contributed by atoms with Gasteiger partial charge in [0.1, 0.15) is 0 Å². The van der Waals surface area contributed by atoms with Gasteiger partial charge in [-0.15, -0.1) is 12.4 Å². The molecule has 1 aliphatic heterocycles. The first-order valence-corrected chi connectivity index (χ1v) is 4.68. The van der Waals surface area contributed by atoms with Gasteiger partial charge < -0.3 is 10.6 Å². The molecule has 1 heterocycles. The maximum Gasteiger partial charge on any atom is 0.224 e. The Labute approximate surface area is 86.1 Å². The highest BCUT2D eigenvalue weighted by atomic mass is 35.5. The van der Waals surface area contributed by atoms with Crippen LogP contribution >= 0.6 is 12.4 Å². The highest BCUT2D eigenvalue weighted by Gasteiger charge is 2.21. The smallest absolute Gasteiger partial charge is 0.224 e. The average Bonchev–Trinajstić information content (AvgIpc) is 2.51. The van der Waals surface area contributed by atoms with Gasteiger partial charge in [-0.05, 0) is 18.9 Å². The van der Waals surface area contributed by atoms with Crippen molar-refractivity contribution >= 4 is 18.3 Å². The summed E-state index contributed by atoms with van der Waals surface area (Å²) in [5, 5.41) is 6.13. The zero-order chi connectivity index (χ0) is 8.97. The Balaban J connectivity index is 0.00000144. The molecule has 1 aliphatic rings. The summed E-state index contributed by atoms with van der Waals surface area (Å²) in [6.45, 7) is 6.85. The fourth-order valence-electron chi connectivity index (χ4n) is 1.33. The second-order valence-electron chi connectivity index (χ2n) is 3.83. The summed E-state index contributed by atoms with van der Waals surface area (Å²) in [5.41, 5.74) is 0. The van der Waals surface area contributed by atoms with Crippen molar-refractivity contribution in [3.8, 4) is 0 Å². The number of hydrogen-bond donors (Lipinski definition) is 2. The van der Waals surface area contributed by atoms with Gasteiger partial charge in [0, 0.05) is 13.1 Å². The first-order valence-electron chi connectivity index (χ1n) is 4.68. The molecule has 78 valence electrons. The van der Waals surface area contributed by atoms with Crippen molar-refractivity contribution in [3.05, 3.63) is 0 Å². The average molecular weight is 207 g/mol. The third-order valence-electron chi connectivity index (χ3n) is 2.12. The first kappa shape index (κ1) is 12.7. The summed E-state index contributed by atoms with van der Waals surface area (Å²) in [4.78, 5) is 11.4. The minimum Gasteiger partial charge on any atom is -0.356 e. The highest BCUT2D eigenvalue weighted by Crippen LogP contribution is 2.06. The lowest BCUT2D eigenvalue weighted by Crippen LogP contribution is -2.34. The van der Waals surface area contributed by atoms with Crippen LogP contribution in [0.1, 0.15) is 20.3 Å². The van der Waals surface area contributed by atoms with Crippen molar-refractivity contribution in [2.75, 3.05) is 19.6 Å². The van der Waals surface area contributed by atoms with Gasteiger partial charge in [0.05, 0.1) is 5.92 Å². The molecule has 13 heavy (non-hydrogen) atoms. The normalized spacial score (nSPS) is 21.3. The van der Waals surface area contributed by atoms with Gasteiger partial charge in [-0.3, -0.25) is 4.79 Å². The molecule has 1 rings (SSSR count). The van der Waals surface area contributed by atoms with E-state index in [-0.39, 0.29) is 24.2 Å². The van der Waals surface area contributed by atoms with Crippen LogP contribution in [-0.2, 0) is 4.79 Å². The Morgan fingerprint density at radius 1 is 1.62 bits per heavy atom. The van der Waals surface area contributed by atoms with Crippen molar-refractivity contribution in [1.29, 1.82) is 0 Å². The van der Waals surface area contributed by atoms with Crippen molar-refractivity contribution in [2.24, 2.45) is 11.8 Å². The van der Waals surface area contributed by atoms with Gasteiger partial charge in [-0.2, -0.15) is 0 Å². The zero-order valence-corrected chi connectivity index (χ0v) is 9.12. The minimum absolute atomic E-state index is 0. The molecule has 2 N–H and O–H groups in total. The zero-order valence-electron chi connectivity index (χ0n) is 8.30. The second-order valence-corrected chi connectivity index (χ2v) is 3.83. The van der Waals surface area contributed by atoms with E-state index in [1.54, 1.807) is 0 Å². The molecule has 4 heteroatoms. The van der Waals surface area contributed by atoms with E-state index >= 15 is 0 Å². The van der Waals surface area contributed by atoms with Crippen LogP contribution in [0.2, 0.25) is 0 Å². The number of hydrogen-bond acceptors (Lipinski definition) is 2. The van der Waals surface area contributed by atoms with E-state index in [9.17, 15) is 4.79 Å². The summed E-state index contributed by atoms with van der Waals surface area (Å²) in [7, 11) is 0. The molecule has 1 fully saturated rings. The van der Waals surface area contributed by atoms with Gasteiger partial charge in [0.15, 0.2) is 0 Å². The first-order chi connectivity index (χ1) is 5.70. The van der Waals surface area contributed by atoms with Gasteiger partial charge in [-0.1, -0.05) is 13.8 Å². The molecule has 0 aromatic rings. The number of amides is 1. The number of carbonyl (C=O) groups excluding carboxylic acids is 1. The maximum absolute atomic E-state index is 11.4. The van der Waals surface area contributed by atoms with Gasteiger partial charge in [0.2, 0.25) is 5.91 Å². The third-order valence-corrected chi connectivity index (χ3v) is 2.12. The van der Waals surface area contributed by atoms with E-state index in [1.807, 2.05) is 0 Å². The van der Waals surface area contributed by atoms with Crippen LogP contribution in [0.25, 0.3) is 0 Å². The molecule has 0 spiro atoms. The maximum atomic E-state index is 11.4. The molecular weight excluding hydrogens is 188 g/mol. The second kappa shape index (κ2) is 6.22. The largest absolute Gasteiger partial charge is 0.356 e. The monoisotopic (exact) mass is 206 g/mol. The molecule has 0 aromatic heterocycles. The van der Waals surface area contributed by atoms with E-state index in [4.69, 9.17) is 0 Å². The molecule has 0 saturated carbocycles. The molecule has 3 nitrogen and oxygen atoms in total. The molecule has 0 bridgehead atoms. The van der Waals surface area contributed by atoms with Gasteiger partial charge in [-0.25, -0.2) is 0 Å².